The third-order valence-corrected chi connectivity index (χ3v) is 3.81. The van der Waals surface area contributed by atoms with Crippen LogP contribution in [0.15, 0.2) is 42.5 Å². The van der Waals surface area contributed by atoms with Gasteiger partial charge in [0.25, 0.3) is 0 Å². The summed E-state index contributed by atoms with van der Waals surface area (Å²) < 4.78 is 0. The van der Waals surface area contributed by atoms with Crippen molar-refractivity contribution in [3.63, 3.8) is 0 Å². The van der Waals surface area contributed by atoms with Crippen LogP contribution < -0.4 is 0 Å². The molecule has 0 heterocycles. The molecule has 0 bridgehead atoms. The van der Waals surface area contributed by atoms with Gasteiger partial charge in [-0.2, -0.15) is 0 Å². The molecule has 2 aromatic carbocycles. The Morgan fingerprint density at radius 1 is 1.00 bits per heavy atom. The van der Waals surface area contributed by atoms with E-state index in [1.165, 1.54) is 34.2 Å². The first-order chi connectivity index (χ1) is 8.29. The zero-order valence-electron chi connectivity index (χ0n) is 10.4. The van der Waals surface area contributed by atoms with Gasteiger partial charge in [-0.1, -0.05) is 56.7 Å². The monoisotopic (exact) mass is 221 g/mol. The molecule has 85 valence electrons. The summed E-state index contributed by atoms with van der Waals surface area (Å²) in [5.41, 5.74) is 2.80. The van der Waals surface area contributed by atoms with Gasteiger partial charge >= 0.3 is 0 Å². The van der Waals surface area contributed by atoms with Crippen molar-refractivity contribution in [1.29, 1.82) is 0 Å². The van der Waals surface area contributed by atoms with Crippen LogP contribution in [0.2, 0.25) is 0 Å². The fourth-order valence-corrected chi connectivity index (χ4v) is 2.56. The molecule has 0 spiro atoms. The second kappa shape index (κ2) is 4.03. The van der Waals surface area contributed by atoms with Gasteiger partial charge in [-0.3, -0.25) is 0 Å². The van der Waals surface area contributed by atoms with Crippen molar-refractivity contribution in [3.8, 4) is 0 Å². The Hall–Kier alpha value is -1.56. The minimum atomic E-state index is 0.647. The molecule has 0 heteroatoms. The van der Waals surface area contributed by atoms with Gasteiger partial charge in [0.1, 0.15) is 0 Å². The molecule has 0 N–H and O–H groups in total. The van der Waals surface area contributed by atoms with Gasteiger partial charge < -0.3 is 0 Å². The Balaban J connectivity index is 2.14. The van der Waals surface area contributed by atoms with Gasteiger partial charge in [-0.05, 0) is 39.9 Å². The van der Waals surface area contributed by atoms with E-state index in [9.17, 15) is 0 Å². The van der Waals surface area contributed by atoms with Crippen LogP contribution in [0.3, 0.4) is 0 Å². The fourth-order valence-electron chi connectivity index (χ4n) is 2.56. The molecule has 1 aliphatic carbocycles. The van der Waals surface area contributed by atoms with E-state index in [2.05, 4.69) is 62.4 Å². The van der Waals surface area contributed by atoms with Crippen LogP contribution in [-0.4, -0.2) is 0 Å². The van der Waals surface area contributed by atoms with Crippen LogP contribution in [0.4, 0.5) is 0 Å². The molecule has 0 aromatic heterocycles. The summed E-state index contributed by atoms with van der Waals surface area (Å²) in [6, 6.07) is 13.2. The Labute approximate surface area is 103 Å². The summed E-state index contributed by atoms with van der Waals surface area (Å²) in [5.74, 6) is 2.14. The normalized spacial score (nSPS) is 16.4. The molecule has 0 saturated heterocycles. The quantitative estimate of drug-likeness (QED) is 0.681. The highest BCUT2D eigenvalue weighted by Crippen LogP contribution is 2.37. The SMILES string of the molecule is CCC(C)[C]1C=Cc2cc3ccccc3cc21. The maximum absolute atomic E-state index is 2.34. The van der Waals surface area contributed by atoms with E-state index in [0.29, 0.717) is 5.92 Å². The standard InChI is InChI=1S/C17H17/c1-3-12(2)16-9-8-15-10-13-6-4-5-7-14(13)11-17(15)16/h4-12H,3H2,1-2H3. The molecular weight excluding hydrogens is 204 g/mol. The van der Waals surface area contributed by atoms with E-state index in [-0.39, 0.29) is 0 Å². The van der Waals surface area contributed by atoms with E-state index in [1.807, 2.05) is 0 Å². The molecule has 1 unspecified atom stereocenters. The topological polar surface area (TPSA) is 0 Å². The molecule has 0 amide bonds. The first-order valence-corrected chi connectivity index (χ1v) is 6.37. The maximum Gasteiger partial charge on any atom is 0.0301 e. The molecule has 1 atom stereocenters. The van der Waals surface area contributed by atoms with Crippen molar-refractivity contribution in [1.82, 2.24) is 0 Å². The lowest BCUT2D eigenvalue weighted by atomic mass is 9.86. The number of hydrogen-bond donors (Lipinski definition) is 0. The van der Waals surface area contributed by atoms with E-state index < -0.39 is 0 Å². The van der Waals surface area contributed by atoms with Gasteiger partial charge in [-0.25, -0.2) is 0 Å². The zero-order chi connectivity index (χ0) is 11.8. The third-order valence-electron chi connectivity index (χ3n) is 3.81. The molecule has 1 aliphatic rings. The molecule has 0 fully saturated rings. The molecule has 3 rings (SSSR count). The summed E-state index contributed by atoms with van der Waals surface area (Å²) >= 11 is 0. The predicted octanol–water partition coefficient (Wildman–Crippen LogP) is 4.84. The largest absolute Gasteiger partial charge is 0.0718 e. The summed E-state index contributed by atoms with van der Waals surface area (Å²) in [6.45, 7) is 4.56. The number of allylic oxidation sites excluding steroid dienone is 1. The third kappa shape index (κ3) is 1.68. The molecule has 0 aliphatic heterocycles. The average Bonchev–Trinajstić information content (AvgIpc) is 2.78. The van der Waals surface area contributed by atoms with Gasteiger partial charge in [0.2, 0.25) is 0 Å². The molecule has 2 aromatic rings. The van der Waals surface area contributed by atoms with E-state index in [0.717, 1.165) is 0 Å². The Morgan fingerprint density at radius 2 is 1.71 bits per heavy atom. The van der Waals surface area contributed by atoms with Crippen LogP contribution >= 0.6 is 0 Å². The number of fused-ring (bicyclic) bond motifs is 2. The van der Waals surface area contributed by atoms with Crippen LogP contribution in [0.1, 0.15) is 31.4 Å². The number of benzene rings is 2. The Morgan fingerprint density at radius 3 is 2.41 bits per heavy atom. The summed E-state index contributed by atoms with van der Waals surface area (Å²) in [5, 5.41) is 2.68. The van der Waals surface area contributed by atoms with E-state index >= 15 is 0 Å². The van der Waals surface area contributed by atoms with Gasteiger partial charge in [0, 0.05) is 5.92 Å². The zero-order valence-corrected chi connectivity index (χ0v) is 10.4. The van der Waals surface area contributed by atoms with Crippen LogP contribution in [0.5, 0.6) is 0 Å². The van der Waals surface area contributed by atoms with Crippen LogP contribution in [0, 0.1) is 11.8 Å². The van der Waals surface area contributed by atoms with Crippen molar-refractivity contribution in [2.45, 2.75) is 20.3 Å². The first-order valence-electron chi connectivity index (χ1n) is 6.37. The summed E-state index contributed by atoms with van der Waals surface area (Å²) in [6.07, 6.45) is 5.74. The summed E-state index contributed by atoms with van der Waals surface area (Å²) in [4.78, 5) is 0. The smallest absolute Gasteiger partial charge is 0.0301 e. The average molecular weight is 221 g/mol. The minimum Gasteiger partial charge on any atom is -0.0718 e. The van der Waals surface area contributed by atoms with Gasteiger partial charge in [0.05, 0.1) is 0 Å². The molecule has 0 nitrogen and oxygen atoms in total. The molecular formula is C17H17. The lowest BCUT2D eigenvalue weighted by molar-refractivity contribution is 0.622. The second-order valence-corrected chi connectivity index (χ2v) is 4.88. The maximum atomic E-state index is 2.34. The van der Waals surface area contributed by atoms with Gasteiger partial charge in [-0.15, -0.1) is 0 Å². The first kappa shape index (κ1) is 10.6. The van der Waals surface area contributed by atoms with Gasteiger partial charge in [0.15, 0.2) is 0 Å². The van der Waals surface area contributed by atoms with Crippen LogP contribution in [-0.2, 0) is 0 Å². The minimum absolute atomic E-state index is 0.647. The van der Waals surface area contributed by atoms with Crippen molar-refractivity contribution < 1.29 is 0 Å². The van der Waals surface area contributed by atoms with Crippen molar-refractivity contribution in [3.05, 3.63) is 59.5 Å². The van der Waals surface area contributed by atoms with Crippen molar-refractivity contribution in [2.75, 3.05) is 0 Å². The Bertz CT molecular complexity index is 578. The molecule has 17 heavy (non-hydrogen) atoms. The van der Waals surface area contributed by atoms with Crippen LogP contribution in [0.25, 0.3) is 16.8 Å². The second-order valence-electron chi connectivity index (χ2n) is 4.88. The highest BCUT2D eigenvalue weighted by Gasteiger charge is 2.22. The number of hydrogen-bond acceptors (Lipinski definition) is 0. The molecule has 0 saturated carbocycles. The predicted molar refractivity (Wildman–Crippen MR) is 74.8 cm³/mol. The highest BCUT2D eigenvalue weighted by atomic mass is 14.3. The highest BCUT2D eigenvalue weighted by molar-refractivity contribution is 5.88. The van der Waals surface area contributed by atoms with E-state index in [1.54, 1.807) is 0 Å². The van der Waals surface area contributed by atoms with Crippen molar-refractivity contribution >= 4 is 16.8 Å². The summed E-state index contributed by atoms with van der Waals surface area (Å²) in [7, 11) is 0. The lowest BCUT2D eigenvalue weighted by Gasteiger charge is -2.17. The van der Waals surface area contributed by atoms with Crippen molar-refractivity contribution in [2.24, 2.45) is 5.92 Å². The lowest BCUT2D eigenvalue weighted by Crippen LogP contribution is -2.05. The molecule has 1 radical (unpaired) electrons. The van der Waals surface area contributed by atoms with E-state index in [4.69, 9.17) is 0 Å². The number of rotatable bonds is 2. The Kier molecular flexibility index (Phi) is 2.51. The fraction of sp³-hybridized carbons (Fsp3) is 0.235.